The van der Waals surface area contributed by atoms with Gasteiger partial charge in [0, 0.05) is 43.2 Å². The molecule has 1 unspecified atom stereocenters. The van der Waals surface area contributed by atoms with E-state index < -0.39 is 12.1 Å². The Bertz CT molecular complexity index is 1270. The number of aryl methyl sites for hydroxylation is 1. The van der Waals surface area contributed by atoms with Gasteiger partial charge in [0.05, 0.1) is 30.8 Å². The van der Waals surface area contributed by atoms with Crippen LogP contribution in [0.5, 0.6) is 0 Å². The number of amides is 2. The Morgan fingerprint density at radius 3 is 2.09 bits per heavy atom. The monoisotopic (exact) mass is 789 g/mol. The van der Waals surface area contributed by atoms with Gasteiger partial charge in [-0.25, -0.2) is 4.79 Å². The SMILES string of the molecule is C=C/C=C(/C)C=C.CC.CC.CC.COCC(NCN(C)CC1=CCN=CS1)C(=O)NCCCCNC(=O)OCC1=C(C)CN=CS1.Cc1ccccc1. The van der Waals surface area contributed by atoms with Crippen LogP contribution in [0.3, 0.4) is 0 Å². The number of carbonyl (C=O) groups is 2. The summed E-state index contributed by atoms with van der Waals surface area (Å²) >= 11 is 3.11. The largest absolute Gasteiger partial charge is 0.444 e. The van der Waals surface area contributed by atoms with Crippen molar-refractivity contribution in [1.82, 2.24) is 20.9 Å². The third-order valence-corrected chi connectivity index (χ3v) is 8.47. The number of rotatable bonds is 17. The van der Waals surface area contributed by atoms with E-state index in [2.05, 4.69) is 69.1 Å². The molecule has 1 aromatic carbocycles. The first-order valence-corrected chi connectivity index (χ1v) is 20.7. The van der Waals surface area contributed by atoms with Gasteiger partial charge in [-0.05, 0) is 46.2 Å². The van der Waals surface area contributed by atoms with Gasteiger partial charge in [0.1, 0.15) is 12.6 Å². The van der Waals surface area contributed by atoms with Crippen LogP contribution >= 0.6 is 23.5 Å². The molecule has 1 aromatic rings. The van der Waals surface area contributed by atoms with Crippen molar-refractivity contribution in [2.75, 3.05) is 66.8 Å². The van der Waals surface area contributed by atoms with E-state index >= 15 is 0 Å². The van der Waals surface area contributed by atoms with Crippen LogP contribution in [-0.2, 0) is 14.3 Å². The fraction of sp³-hybridized carbons (Fsp3) is 0.524. The van der Waals surface area contributed by atoms with Gasteiger partial charge in [0.2, 0.25) is 5.91 Å². The molecule has 0 bridgehead atoms. The normalized spacial score (nSPS) is 13.2. The number of alkyl carbamates (subject to hydrolysis) is 1. The molecule has 10 nitrogen and oxygen atoms in total. The van der Waals surface area contributed by atoms with Crippen LogP contribution in [0.1, 0.15) is 73.8 Å². The smallest absolute Gasteiger partial charge is 0.407 e. The number of likely N-dealkylation sites (N-methyl/N-ethyl adjacent to an activating group) is 1. The zero-order valence-corrected chi connectivity index (χ0v) is 36.8. The molecule has 306 valence electrons. The van der Waals surface area contributed by atoms with Crippen molar-refractivity contribution in [3.8, 4) is 0 Å². The molecule has 0 fully saturated rings. The van der Waals surface area contributed by atoms with E-state index in [4.69, 9.17) is 9.47 Å². The zero-order valence-electron chi connectivity index (χ0n) is 35.2. The quantitative estimate of drug-likeness (QED) is 0.0814. The highest BCUT2D eigenvalue weighted by Crippen LogP contribution is 2.22. The molecule has 0 saturated carbocycles. The number of methoxy groups -OCH3 is 1. The van der Waals surface area contributed by atoms with Crippen LogP contribution in [0, 0.1) is 6.92 Å². The molecule has 2 aliphatic heterocycles. The van der Waals surface area contributed by atoms with Crippen LogP contribution in [0.4, 0.5) is 4.79 Å². The first-order chi connectivity index (χ1) is 26.2. The fourth-order valence-corrected chi connectivity index (χ4v) is 5.23. The van der Waals surface area contributed by atoms with Crippen molar-refractivity contribution in [1.29, 1.82) is 0 Å². The average molecular weight is 789 g/mol. The van der Waals surface area contributed by atoms with E-state index in [1.54, 1.807) is 36.6 Å². The van der Waals surface area contributed by atoms with Crippen LogP contribution in [0.15, 0.2) is 98.7 Å². The summed E-state index contributed by atoms with van der Waals surface area (Å²) in [4.78, 5) is 37.1. The molecule has 2 aliphatic rings. The van der Waals surface area contributed by atoms with Gasteiger partial charge in [-0.2, -0.15) is 0 Å². The maximum Gasteiger partial charge on any atom is 0.407 e. The molecule has 0 saturated heterocycles. The van der Waals surface area contributed by atoms with Crippen molar-refractivity contribution in [3.05, 3.63) is 94.3 Å². The van der Waals surface area contributed by atoms with Gasteiger partial charge in [-0.3, -0.25) is 25.0 Å². The average Bonchev–Trinajstić information content (AvgIpc) is 3.21. The van der Waals surface area contributed by atoms with Gasteiger partial charge in [0.15, 0.2) is 0 Å². The van der Waals surface area contributed by atoms with E-state index in [9.17, 15) is 9.59 Å². The summed E-state index contributed by atoms with van der Waals surface area (Å²) in [6.45, 7) is 29.4. The lowest BCUT2D eigenvalue weighted by Crippen LogP contribution is -2.50. The summed E-state index contributed by atoms with van der Waals surface area (Å²) in [7, 11) is 3.58. The highest BCUT2D eigenvalue weighted by molar-refractivity contribution is 8.15. The molecule has 1 atom stereocenters. The lowest BCUT2D eigenvalue weighted by atomic mass is 10.2. The van der Waals surface area contributed by atoms with Crippen molar-refractivity contribution in [2.45, 2.75) is 81.2 Å². The number of ether oxygens (including phenoxy) is 2. The van der Waals surface area contributed by atoms with Crippen LogP contribution < -0.4 is 16.0 Å². The van der Waals surface area contributed by atoms with E-state index in [0.29, 0.717) is 26.3 Å². The minimum Gasteiger partial charge on any atom is -0.444 e. The third kappa shape index (κ3) is 32.0. The number of carbonyl (C=O) groups excluding carboxylic acids is 2. The second kappa shape index (κ2) is 40.8. The van der Waals surface area contributed by atoms with E-state index in [0.717, 1.165) is 42.0 Å². The molecule has 2 heterocycles. The summed E-state index contributed by atoms with van der Waals surface area (Å²) < 4.78 is 10.5. The predicted octanol–water partition coefficient (Wildman–Crippen LogP) is 9.19. The Morgan fingerprint density at radius 2 is 1.59 bits per heavy atom. The van der Waals surface area contributed by atoms with Crippen LogP contribution in [0.2, 0.25) is 0 Å². The molecule has 54 heavy (non-hydrogen) atoms. The summed E-state index contributed by atoms with van der Waals surface area (Å²) in [6, 6.07) is 9.83. The topological polar surface area (TPSA) is 117 Å². The van der Waals surface area contributed by atoms with Gasteiger partial charge >= 0.3 is 6.09 Å². The van der Waals surface area contributed by atoms with Gasteiger partial charge in [0.25, 0.3) is 0 Å². The highest BCUT2D eigenvalue weighted by Gasteiger charge is 2.18. The van der Waals surface area contributed by atoms with Crippen molar-refractivity contribution in [2.24, 2.45) is 9.98 Å². The zero-order chi connectivity index (χ0) is 41.4. The van der Waals surface area contributed by atoms with Gasteiger partial charge in [-0.1, -0.05) is 144 Å². The summed E-state index contributed by atoms with van der Waals surface area (Å²) in [5, 5.41) is 8.93. The standard InChI is InChI=1S/C22H36N6O4S2.C7H8.C7H10.3C2H6/c1-17-10-24-16-34-20(17)13-32-22(30)26-8-5-4-7-25-21(29)19(12-31-3)27-14-28(2)11-18-6-9-23-15-33-18;1-7-5-3-2-4-6-7;1-4-6-7(3)5-2;3*1-2/h6,15-16,19,27H,4-5,7-14H2,1-3H3,(H,25,29)(H,26,30);2-6H,1H3;4-6H,1-2H2,3H3;3*1-2H3/b;;7-6-;;;. The molecule has 12 heteroatoms. The predicted molar refractivity (Wildman–Crippen MR) is 240 cm³/mol. The van der Waals surface area contributed by atoms with E-state index in [1.165, 1.54) is 22.2 Å². The summed E-state index contributed by atoms with van der Waals surface area (Å²) in [5.74, 6) is -0.0989. The number of allylic oxidation sites excluding steroid dienone is 4. The Balaban J connectivity index is -0.00000106. The minimum absolute atomic E-state index is 0.0989. The summed E-state index contributed by atoms with van der Waals surface area (Å²) in [6.07, 6.45) is 8.61. The molecular formula is C42H72N6O4S2. The number of benzene rings is 1. The number of thioether (sulfide) groups is 2. The molecule has 3 rings (SSSR count). The fourth-order valence-electron chi connectivity index (χ4n) is 3.80. The number of nitrogens with zero attached hydrogens (tertiary/aromatic N) is 3. The van der Waals surface area contributed by atoms with Crippen LogP contribution in [-0.4, -0.2) is 101 Å². The molecule has 0 aliphatic carbocycles. The molecule has 2 amide bonds. The van der Waals surface area contributed by atoms with E-state index in [-0.39, 0.29) is 19.1 Å². The lowest BCUT2D eigenvalue weighted by molar-refractivity contribution is -0.124. The van der Waals surface area contributed by atoms with Gasteiger partial charge in [-0.15, -0.1) is 0 Å². The van der Waals surface area contributed by atoms with Crippen molar-refractivity contribution < 1.29 is 19.1 Å². The van der Waals surface area contributed by atoms with Gasteiger partial charge < -0.3 is 20.1 Å². The van der Waals surface area contributed by atoms with Crippen molar-refractivity contribution >= 4 is 46.6 Å². The minimum atomic E-state index is -0.435. The first-order valence-electron chi connectivity index (χ1n) is 18.9. The van der Waals surface area contributed by atoms with E-state index in [1.807, 2.05) is 92.3 Å². The maximum atomic E-state index is 12.5. The number of nitrogens with one attached hydrogen (secondary N) is 3. The Morgan fingerprint density at radius 1 is 0.963 bits per heavy atom. The Hall–Kier alpha value is -3.42. The van der Waals surface area contributed by atoms with Crippen LogP contribution in [0.25, 0.3) is 0 Å². The summed E-state index contributed by atoms with van der Waals surface area (Å²) in [5.41, 5.74) is 7.23. The molecule has 0 aromatic heterocycles. The van der Waals surface area contributed by atoms with Crippen molar-refractivity contribution in [3.63, 3.8) is 0 Å². The molecule has 0 radical (unpaired) electrons. The highest BCUT2D eigenvalue weighted by atomic mass is 32.2. The Labute approximate surface area is 337 Å². The number of unbranched alkanes of at least 4 members (excludes halogenated alkanes) is 1. The molecule has 0 spiro atoms. The maximum absolute atomic E-state index is 12.5. The second-order valence-corrected chi connectivity index (χ2v) is 12.8. The molecule has 3 N–H and O–H groups in total. The number of hydrogen-bond donors (Lipinski definition) is 3. The Kier molecular flexibility index (Phi) is 41.5. The first kappa shape index (κ1) is 54.9. The number of hydrogen-bond acceptors (Lipinski definition) is 10. The molecular weight excluding hydrogens is 717 g/mol. The second-order valence-electron chi connectivity index (χ2n) is 10.9. The third-order valence-electron chi connectivity index (χ3n) is 6.61. The number of aliphatic imine (C=N–C) groups is 2. The lowest BCUT2D eigenvalue weighted by Gasteiger charge is -2.23.